The molecule has 0 aliphatic carbocycles. The molecule has 0 radical (unpaired) electrons. The third-order valence-corrected chi connectivity index (χ3v) is 5.22. The van der Waals surface area contributed by atoms with Gasteiger partial charge in [-0.25, -0.2) is 31.6 Å². The highest BCUT2D eigenvalue weighted by atomic mass is 79.9. The van der Waals surface area contributed by atoms with Gasteiger partial charge in [-0.15, -0.1) is 0 Å². The first-order valence-corrected chi connectivity index (χ1v) is 9.17. The van der Waals surface area contributed by atoms with Gasteiger partial charge < -0.3 is 0 Å². The number of halogens is 4. The van der Waals surface area contributed by atoms with Crippen molar-refractivity contribution in [1.82, 2.24) is 9.97 Å². The van der Waals surface area contributed by atoms with Crippen molar-refractivity contribution in [3.8, 4) is 17.3 Å². The molecule has 25 heavy (non-hydrogen) atoms. The molecule has 0 bridgehead atoms. The molecule has 1 aromatic heterocycles. The molecule has 0 aliphatic heterocycles. The Morgan fingerprint density at radius 2 is 2.04 bits per heavy atom. The Morgan fingerprint density at radius 3 is 2.60 bits per heavy atom. The number of sulfonamides is 1. The zero-order valence-corrected chi connectivity index (χ0v) is 15.0. The van der Waals surface area contributed by atoms with Crippen LogP contribution in [-0.4, -0.2) is 24.1 Å². The minimum absolute atomic E-state index is 0.176. The number of hydrogen-bond donors (Lipinski definition) is 1. The van der Waals surface area contributed by atoms with Crippen LogP contribution in [0.3, 0.4) is 0 Å². The van der Waals surface area contributed by atoms with Crippen molar-refractivity contribution in [3.05, 3.63) is 40.0 Å². The minimum Gasteiger partial charge on any atom is -0.282 e. The molecular weight excluding hydrogens is 425 g/mol. The predicted octanol–water partition coefficient (Wildman–Crippen LogP) is 3.62. The SMILES string of the molecule is CCS(=O)(=O)Nc1cc(-c2ncnc(C(F)F)c2Br)c(F)cc1C#N. The summed E-state index contributed by atoms with van der Waals surface area (Å²) in [5.74, 6) is -1.19. The fourth-order valence-electron chi connectivity index (χ4n) is 1.89. The van der Waals surface area contributed by atoms with Crippen LogP contribution in [0.2, 0.25) is 0 Å². The molecule has 6 nitrogen and oxygen atoms in total. The Kier molecular flexibility index (Phi) is 5.64. The monoisotopic (exact) mass is 434 g/mol. The Labute approximate surface area is 149 Å². The number of nitrogens with zero attached hydrogens (tertiary/aromatic N) is 3. The molecule has 0 amide bonds. The number of nitrogens with one attached hydrogen (secondary N) is 1. The maximum atomic E-state index is 14.3. The van der Waals surface area contributed by atoms with E-state index >= 15 is 0 Å². The molecule has 0 saturated heterocycles. The molecule has 2 aromatic rings. The Morgan fingerprint density at radius 1 is 1.36 bits per heavy atom. The molecule has 0 spiro atoms. The molecule has 2 rings (SSSR count). The smallest absolute Gasteiger partial charge is 0.281 e. The molecule has 1 aromatic carbocycles. The van der Waals surface area contributed by atoms with Gasteiger partial charge in [0.2, 0.25) is 10.0 Å². The predicted molar refractivity (Wildman–Crippen MR) is 87.9 cm³/mol. The van der Waals surface area contributed by atoms with E-state index in [1.807, 2.05) is 0 Å². The lowest BCUT2D eigenvalue weighted by atomic mass is 10.1. The molecule has 0 aliphatic rings. The van der Waals surface area contributed by atoms with Crippen molar-refractivity contribution >= 4 is 31.6 Å². The van der Waals surface area contributed by atoms with E-state index in [-0.39, 0.29) is 32.7 Å². The van der Waals surface area contributed by atoms with E-state index in [1.165, 1.54) is 6.92 Å². The highest BCUT2D eigenvalue weighted by molar-refractivity contribution is 9.10. The topological polar surface area (TPSA) is 95.7 Å². The van der Waals surface area contributed by atoms with Crippen LogP contribution in [0.25, 0.3) is 11.3 Å². The number of anilines is 1. The highest BCUT2D eigenvalue weighted by Gasteiger charge is 2.22. The number of nitriles is 1. The standard InChI is InChI=1S/C14H10BrF3N4O2S/c1-2-25(23,24)22-10-4-8(9(16)3-7(10)5-19)12-11(15)13(14(17)18)21-6-20-12/h3-4,6,14,22H,2H2,1H3. The van der Waals surface area contributed by atoms with E-state index in [0.717, 1.165) is 18.5 Å². The molecule has 132 valence electrons. The number of hydrogen-bond acceptors (Lipinski definition) is 5. The summed E-state index contributed by atoms with van der Waals surface area (Å²) < 4.78 is 65.6. The lowest BCUT2D eigenvalue weighted by Gasteiger charge is -2.13. The molecule has 0 unspecified atom stereocenters. The molecule has 0 saturated carbocycles. The van der Waals surface area contributed by atoms with Gasteiger partial charge in [-0.1, -0.05) is 0 Å². The van der Waals surface area contributed by atoms with Crippen LogP contribution < -0.4 is 4.72 Å². The van der Waals surface area contributed by atoms with Crippen molar-refractivity contribution in [2.45, 2.75) is 13.3 Å². The summed E-state index contributed by atoms with van der Waals surface area (Å²) in [7, 11) is -3.74. The summed E-state index contributed by atoms with van der Waals surface area (Å²) in [6.45, 7) is 1.38. The number of rotatable bonds is 5. The third-order valence-electron chi connectivity index (χ3n) is 3.15. The van der Waals surface area contributed by atoms with Crippen LogP contribution in [0.5, 0.6) is 0 Å². The van der Waals surface area contributed by atoms with Crippen molar-refractivity contribution < 1.29 is 21.6 Å². The van der Waals surface area contributed by atoms with E-state index < -0.39 is 28.0 Å². The van der Waals surface area contributed by atoms with E-state index in [1.54, 1.807) is 6.07 Å². The maximum Gasteiger partial charge on any atom is 0.281 e. The number of aromatic nitrogens is 2. The lowest BCUT2D eigenvalue weighted by Crippen LogP contribution is -2.15. The zero-order valence-electron chi connectivity index (χ0n) is 12.6. The summed E-state index contributed by atoms with van der Waals surface area (Å²) in [5.41, 5.74) is -1.51. The van der Waals surface area contributed by atoms with Gasteiger partial charge in [-0.2, -0.15) is 5.26 Å². The average Bonchev–Trinajstić information content (AvgIpc) is 2.56. The average molecular weight is 435 g/mol. The van der Waals surface area contributed by atoms with E-state index in [0.29, 0.717) is 0 Å². The van der Waals surface area contributed by atoms with Crippen molar-refractivity contribution in [2.75, 3.05) is 10.5 Å². The van der Waals surface area contributed by atoms with Crippen molar-refractivity contribution in [2.24, 2.45) is 0 Å². The largest absolute Gasteiger partial charge is 0.282 e. The second-order valence-electron chi connectivity index (χ2n) is 4.72. The van der Waals surface area contributed by atoms with Gasteiger partial charge in [-0.3, -0.25) is 4.72 Å². The Bertz CT molecular complexity index is 961. The first-order valence-electron chi connectivity index (χ1n) is 6.73. The third kappa shape index (κ3) is 4.08. The summed E-state index contributed by atoms with van der Waals surface area (Å²) >= 11 is 2.91. The summed E-state index contributed by atoms with van der Waals surface area (Å²) in [6, 6.07) is 3.51. The molecule has 1 heterocycles. The van der Waals surface area contributed by atoms with Gasteiger partial charge in [0, 0.05) is 5.56 Å². The van der Waals surface area contributed by atoms with Crippen LogP contribution in [0.1, 0.15) is 24.6 Å². The second kappa shape index (κ2) is 7.37. The number of alkyl halides is 2. The minimum atomic E-state index is -3.74. The lowest BCUT2D eigenvalue weighted by molar-refractivity contribution is 0.145. The van der Waals surface area contributed by atoms with Gasteiger partial charge >= 0.3 is 0 Å². The molecule has 1 N–H and O–H groups in total. The summed E-state index contributed by atoms with van der Waals surface area (Å²) in [5, 5.41) is 9.06. The van der Waals surface area contributed by atoms with Gasteiger partial charge in [0.05, 0.1) is 27.2 Å². The fourth-order valence-corrected chi connectivity index (χ4v) is 3.13. The summed E-state index contributed by atoms with van der Waals surface area (Å²) in [6.07, 6.45) is -2.08. The van der Waals surface area contributed by atoms with Gasteiger partial charge in [0.15, 0.2) is 0 Å². The Balaban J connectivity index is 2.68. The van der Waals surface area contributed by atoms with Crippen LogP contribution in [-0.2, 0) is 10.0 Å². The van der Waals surface area contributed by atoms with E-state index in [4.69, 9.17) is 5.26 Å². The summed E-state index contributed by atoms with van der Waals surface area (Å²) in [4.78, 5) is 7.20. The van der Waals surface area contributed by atoms with Gasteiger partial charge in [-0.05, 0) is 35.0 Å². The molecule has 0 atom stereocenters. The van der Waals surface area contributed by atoms with Crippen molar-refractivity contribution in [3.63, 3.8) is 0 Å². The highest BCUT2D eigenvalue weighted by Crippen LogP contribution is 2.36. The number of benzene rings is 1. The van der Waals surface area contributed by atoms with E-state index in [9.17, 15) is 21.6 Å². The Hall–Kier alpha value is -2.19. The molecule has 11 heteroatoms. The second-order valence-corrected chi connectivity index (χ2v) is 7.52. The van der Waals surface area contributed by atoms with Crippen LogP contribution in [0.15, 0.2) is 22.9 Å². The quantitative estimate of drug-likeness (QED) is 0.774. The first-order chi connectivity index (χ1) is 11.7. The van der Waals surface area contributed by atoms with Crippen LogP contribution >= 0.6 is 15.9 Å². The van der Waals surface area contributed by atoms with Crippen LogP contribution in [0, 0.1) is 17.1 Å². The van der Waals surface area contributed by atoms with Gasteiger partial charge in [0.25, 0.3) is 6.43 Å². The van der Waals surface area contributed by atoms with E-state index in [2.05, 4.69) is 30.6 Å². The molecular formula is C14H10BrF3N4O2S. The normalized spacial score (nSPS) is 11.4. The first kappa shape index (κ1) is 19.1. The maximum absolute atomic E-state index is 14.3. The zero-order chi connectivity index (χ0) is 18.8. The van der Waals surface area contributed by atoms with Gasteiger partial charge in [0.1, 0.15) is 23.9 Å². The van der Waals surface area contributed by atoms with Crippen LogP contribution in [0.4, 0.5) is 18.9 Å². The van der Waals surface area contributed by atoms with Crippen molar-refractivity contribution in [1.29, 1.82) is 5.26 Å². The molecule has 0 fully saturated rings. The fraction of sp³-hybridized carbons (Fsp3) is 0.214.